The highest BCUT2D eigenvalue weighted by Crippen LogP contribution is 2.24. The van der Waals surface area contributed by atoms with Crippen molar-refractivity contribution in [2.24, 2.45) is 0 Å². The highest BCUT2D eigenvalue weighted by Gasteiger charge is 2.16. The van der Waals surface area contributed by atoms with E-state index < -0.39 is 6.10 Å². The summed E-state index contributed by atoms with van der Waals surface area (Å²) in [7, 11) is 0. The predicted octanol–water partition coefficient (Wildman–Crippen LogP) is 5.29. The third-order valence-corrected chi connectivity index (χ3v) is 4.93. The predicted molar refractivity (Wildman–Crippen MR) is 130 cm³/mol. The molecule has 0 aromatic heterocycles. The van der Waals surface area contributed by atoms with Gasteiger partial charge in [-0.25, -0.2) is 0 Å². The lowest BCUT2D eigenvalue weighted by molar-refractivity contribution is -0.122. The van der Waals surface area contributed by atoms with Crippen LogP contribution in [0.5, 0.6) is 17.2 Å². The van der Waals surface area contributed by atoms with E-state index in [4.69, 9.17) is 14.7 Å². The summed E-state index contributed by atoms with van der Waals surface area (Å²) in [5.41, 5.74) is 1.57. The second-order valence-corrected chi connectivity index (χ2v) is 7.65. The van der Waals surface area contributed by atoms with Crippen LogP contribution >= 0.6 is 0 Å². The molecule has 0 saturated heterocycles. The molecule has 2 amide bonds. The van der Waals surface area contributed by atoms with Gasteiger partial charge in [-0.15, -0.1) is 0 Å². The number of unbranched alkanes of at least 4 members (excludes halogenated alkanes) is 1. The molecule has 7 nitrogen and oxygen atoms in total. The summed E-state index contributed by atoms with van der Waals surface area (Å²) in [6.45, 7) is 4.33. The summed E-state index contributed by atoms with van der Waals surface area (Å²) < 4.78 is 11.5. The molecule has 3 aromatic rings. The van der Waals surface area contributed by atoms with Gasteiger partial charge in [0.25, 0.3) is 11.8 Å². The monoisotopic (exact) mass is 457 g/mol. The molecule has 1 unspecified atom stereocenters. The summed E-state index contributed by atoms with van der Waals surface area (Å²) in [4.78, 5) is 24.8. The first kappa shape index (κ1) is 24.3. The van der Waals surface area contributed by atoms with E-state index in [1.54, 1.807) is 79.7 Å². The van der Waals surface area contributed by atoms with Crippen LogP contribution in [-0.4, -0.2) is 24.5 Å². The number of ether oxygens (including phenoxy) is 2. The zero-order valence-corrected chi connectivity index (χ0v) is 19.2. The molecule has 0 saturated carbocycles. The summed E-state index contributed by atoms with van der Waals surface area (Å²) in [5, 5.41) is 14.5. The Morgan fingerprint density at radius 1 is 0.971 bits per heavy atom. The van der Waals surface area contributed by atoms with Crippen LogP contribution in [0, 0.1) is 11.3 Å². The average molecular weight is 458 g/mol. The molecule has 0 spiro atoms. The van der Waals surface area contributed by atoms with E-state index in [2.05, 4.69) is 23.6 Å². The first-order chi connectivity index (χ1) is 16.5. The third kappa shape index (κ3) is 7.10. The van der Waals surface area contributed by atoms with E-state index in [-0.39, 0.29) is 11.8 Å². The van der Waals surface area contributed by atoms with Gasteiger partial charge in [0.15, 0.2) is 6.10 Å². The number of hydrogen-bond donors (Lipinski definition) is 2. The summed E-state index contributed by atoms with van der Waals surface area (Å²) in [6.07, 6.45) is 1.16. The number of carbonyl (C=O) groups is 2. The molecule has 7 heteroatoms. The Kier molecular flexibility index (Phi) is 8.64. The van der Waals surface area contributed by atoms with E-state index in [0.29, 0.717) is 40.6 Å². The number of nitrogens with one attached hydrogen (secondary N) is 2. The highest BCUT2D eigenvalue weighted by atomic mass is 16.5. The van der Waals surface area contributed by atoms with Crippen molar-refractivity contribution in [2.75, 3.05) is 11.9 Å². The van der Waals surface area contributed by atoms with Gasteiger partial charge >= 0.3 is 0 Å². The maximum absolute atomic E-state index is 12.6. The van der Waals surface area contributed by atoms with Crippen LogP contribution in [0.25, 0.3) is 0 Å². The smallest absolute Gasteiger partial charge is 0.265 e. The van der Waals surface area contributed by atoms with Crippen molar-refractivity contribution in [2.45, 2.75) is 32.8 Å². The minimum absolute atomic E-state index is 0.169. The van der Waals surface area contributed by atoms with Crippen molar-refractivity contribution in [1.29, 1.82) is 5.26 Å². The number of rotatable bonds is 10. The first-order valence-electron chi connectivity index (χ1n) is 11.1. The van der Waals surface area contributed by atoms with E-state index in [9.17, 15) is 9.59 Å². The van der Waals surface area contributed by atoms with Gasteiger partial charge in [0.05, 0.1) is 11.6 Å². The number of hydrogen-bond acceptors (Lipinski definition) is 5. The molecule has 0 radical (unpaired) electrons. The van der Waals surface area contributed by atoms with Crippen molar-refractivity contribution >= 4 is 17.5 Å². The quantitative estimate of drug-likeness (QED) is 0.403. The molecule has 0 fully saturated rings. The Morgan fingerprint density at radius 2 is 1.62 bits per heavy atom. The molecule has 0 bridgehead atoms. The lowest BCUT2D eigenvalue weighted by atomic mass is 10.1. The number of carbonyl (C=O) groups excluding carboxylic acids is 2. The van der Waals surface area contributed by atoms with Crippen LogP contribution in [0.3, 0.4) is 0 Å². The molecule has 3 rings (SSSR count). The SMILES string of the molecule is CCCCNC(=O)c1cccc(NC(=O)C(C)Oc2ccc(Oc3ccc(C#N)cc3)cc2)c1. The standard InChI is InChI=1S/C27H27N3O4/c1-3-4-16-29-27(32)21-6-5-7-22(17-21)30-26(31)19(2)33-23-12-14-25(15-13-23)34-24-10-8-20(18-28)9-11-24/h5-15,17,19H,3-4,16H2,1-2H3,(H,29,32)(H,30,31). The Morgan fingerprint density at radius 3 is 2.26 bits per heavy atom. The zero-order valence-electron chi connectivity index (χ0n) is 19.2. The molecule has 1 atom stereocenters. The molecular weight excluding hydrogens is 430 g/mol. The van der Waals surface area contributed by atoms with Crippen molar-refractivity contribution in [3.63, 3.8) is 0 Å². The Hall–Kier alpha value is -4.31. The fourth-order valence-electron chi connectivity index (χ4n) is 3.04. The minimum Gasteiger partial charge on any atom is -0.481 e. The van der Waals surface area contributed by atoms with Crippen molar-refractivity contribution in [3.05, 3.63) is 83.9 Å². The Bertz CT molecular complexity index is 1150. The number of nitrogens with zero attached hydrogens (tertiary/aromatic N) is 1. The van der Waals surface area contributed by atoms with Gasteiger partial charge in [0.1, 0.15) is 17.2 Å². The van der Waals surface area contributed by atoms with Crippen LogP contribution in [-0.2, 0) is 4.79 Å². The summed E-state index contributed by atoms with van der Waals surface area (Å²) in [6, 6.07) is 22.6. The van der Waals surface area contributed by atoms with Crippen LogP contribution in [0.2, 0.25) is 0 Å². The second-order valence-electron chi connectivity index (χ2n) is 7.65. The topological polar surface area (TPSA) is 100 Å². The van der Waals surface area contributed by atoms with Crippen LogP contribution in [0.15, 0.2) is 72.8 Å². The molecule has 2 N–H and O–H groups in total. The van der Waals surface area contributed by atoms with Gasteiger partial charge in [-0.3, -0.25) is 9.59 Å². The Labute approximate surface area is 199 Å². The summed E-state index contributed by atoms with van der Waals surface area (Å²) in [5.74, 6) is 1.22. The summed E-state index contributed by atoms with van der Waals surface area (Å²) >= 11 is 0. The van der Waals surface area contributed by atoms with E-state index >= 15 is 0 Å². The van der Waals surface area contributed by atoms with Crippen LogP contribution in [0.1, 0.15) is 42.6 Å². The number of nitriles is 1. The second kappa shape index (κ2) is 12.1. The van der Waals surface area contributed by atoms with Gasteiger partial charge in [-0.05, 0) is 80.1 Å². The van der Waals surface area contributed by atoms with E-state index in [0.717, 1.165) is 12.8 Å². The van der Waals surface area contributed by atoms with Crippen LogP contribution in [0.4, 0.5) is 5.69 Å². The number of benzene rings is 3. The highest BCUT2D eigenvalue weighted by molar-refractivity contribution is 5.98. The molecule has 0 heterocycles. The third-order valence-electron chi connectivity index (χ3n) is 4.93. The van der Waals surface area contributed by atoms with Gasteiger partial charge < -0.3 is 20.1 Å². The fourth-order valence-corrected chi connectivity index (χ4v) is 3.04. The Balaban J connectivity index is 1.53. The van der Waals surface area contributed by atoms with Gasteiger partial charge in [-0.2, -0.15) is 5.26 Å². The average Bonchev–Trinajstić information content (AvgIpc) is 2.86. The van der Waals surface area contributed by atoms with Gasteiger partial charge in [0.2, 0.25) is 0 Å². The van der Waals surface area contributed by atoms with Crippen molar-refractivity contribution in [1.82, 2.24) is 5.32 Å². The van der Waals surface area contributed by atoms with E-state index in [1.165, 1.54) is 0 Å². The fraction of sp³-hybridized carbons (Fsp3) is 0.222. The number of amides is 2. The number of anilines is 1. The minimum atomic E-state index is -0.757. The molecule has 0 aliphatic carbocycles. The molecule has 0 aliphatic rings. The normalized spacial score (nSPS) is 11.1. The van der Waals surface area contributed by atoms with Crippen LogP contribution < -0.4 is 20.1 Å². The molecule has 174 valence electrons. The first-order valence-corrected chi connectivity index (χ1v) is 11.1. The van der Waals surface area contributed by atoms with Gasteiger partial charge in [0, 0.05) is 17.8 Å². The zero-order chi connectivity index (χ0) is 24.3. The van der Waals surface area contributed by atoms with Crippen molar-refractivity contribution in [3.8, 4) is 23.3 Å². The maximum atomic E-state index is 12.6. The molecular formula is C27H27N3O4. The lowest BCUT2D eigenvalue weighted by Crippen LogP contribution is -2.30. The van der Waals surface area contributed by atoms with Gasteiger partial charge in [-0.1, -0.05) is 19.4 Å². The molecule has 3 aromatic carbocycles. The van der Waals surface area contributed by atoms with E-state index in [1.807, 2.05) is 0 Å². The van der Waals surface area contributed by atoms with Crippen molar-refractivity contribution < 1.29 is 19.1 Å². The lowest BCUT2D eigenvalue weighted by Gasteiger charge is -2.15. The largest absolute Gasteiger partial charge is 0.481 e. The maximum Gasteiger partial charge on any atom is 0.265 e. The molecule has 0 aliphatic heterocycles. The molecule has 34 heavy (non-hydrogen) atoms.